The van der Waals surface area contributed by atoms with Crippen LogP contribution < -0.4 is 10.1 Å². The normalized spacial score (nSPS) is 22.1. The number of benzene rings is 2. The van der Waals surface area contributed by atoms with Gasteiger partial charge in [0.1, 0.15) is 5.75 Å². The summed E-state index contributed by atoms with van der Waals surface area (Å²) in [7, 11) is 1.35. The summed E-state index contributed by atoms with van der Waals surface area (Å²) in [5.41, 5.74) is 1.96. The lowest BCUT2D eigenvalue weighted by Crippen LogP contribution is -2.66. The maximum atomic E-state index is 14.0. The van der Waals surface area contributed by atoms with Crippen molar-refractivity contribution in [2.45, 2.75) is 24.8 Å². The Kier molecular flexibility index (Phi) is 4.35. The van der Waals surface area contributed by atoms with Crippen molar-refractivity contribution in [1.29, 1.82) is 5.26 Å². The van der Waals surface area contributed by atoms with Crippen molar-refractivity contribution >= 4 is 28.2 Å². The van der Waals surface area contributed by atoms with Gasteiger partial charge in [-0.2, -0.15) is 9.65 Å². The van der Waals surface area contributed by atoms with Crippen LogP contribution in [-0.4, -0.2) is 26.6 Å². The van der Waals surface area contributed by atoms with Crippen LogP contribution in [-0.2, 0) is 5.54 Å². The summed E-state index contributed by atoms with van der Waals surface area (Å²) in [5, 5.41) is 24.6. The maximum Gasteiger partial charge on any atom is 0.307 e. The molecule has 2 heterocycles. The van der Waals surface area contributed by atoms with Gasteiger partial charge in [0.25, 0.3) is 0 Å². The van der Waals surface area contributed by atoms with E-state index < -0.39 is 16.4 Å². The average molecular weight is 470 g/mol. The average Bonchev–Trinajstić information content (AvgIpc) is 3.18. The minimum absolute atomic E-state index is 0.0257. The van der Waals surface area contributed by atoms with Gasteiger partial charge >= 0.3 is 5.69 Å². The van der Waals surface area contributed by atoms with Crippen LogP contribution in [0.15, 0.2) is 54.9 Å². The van der Waals surface area contributed by atoms with Gasteiger partial charge in [0.05, 0.1) is 34.9 Å². The van der Waals surface area contributed by atoms with Crippen molar-refractivity contribution in [3.05, 3.63) is 70.8 Å². The molecule has 2 aromatic heterocycles. The van der Waals surface area contributed by atoms with E-state index in [4.69, 9.17) is 4.74 Å². The summed E-state index contributed by atoms with van der Waals surface area (Å²) in [6, 6.07) is 14.3. The largest absolute Gasteiger partial charge is 0.494 e. The Labute approximate surface area is 199 Å². The molecule has 3 aliphatic rings. The molecule has 1 N–H and O–H groups in total. The first-order chi connectivity index (χ1) is 16.9. The van der Waals surface area contributed by atoms with E-state index in [0.29, 0.717) is 5.69 Å². The van der Waals surface area contributed by atoms with E-state index in [-0.39, 0.29) is 28.3 Å². The fourth-order valence-corrected chi connectivity index (χ4v) is 5.52. The molecule has 9 nitrogen and oxygen atoms in total. The molecule has 0 saturated heterocycles. The molecule has 3 aliphatic carbocycles. The van der Waals surface area contributed by atoms with E-state index in [1.807, 2.05) is 18.2 Å². The molecule has 2 aromatic carbocycles. The predicted octanol–water partition coefficient (Wildman–Crippen LogP) is 5.30. The Bertz CT molecular complexity index is 1550. The number of aromatic nitrogens is 3. The fourth-order valence-electron chi connectivity index (χ4n) is 5.52. The van der Waals surface area contributed by atoms with Crippen LogP contribution in [0.3, 0.4) is 0 Å². The van der Waals surface area contributed by atoms with Gasteiger partial charge in [0.15, 0.2) is 0 Å². The minimum atomic E-state index is -0.994. The van der Waals surface area contributed by atoms with Gasteiger partial charge in [0, 0.05) is 46.5 Å². The molecule has 10 heteroatoms. The van der Waals surface area contributed by atoms with E-state index in [9.17, 15) is 19.8 Å². The number of nitrogens with one attached hydrogen (secondary N) is 1. The Hall–Kier alpha value is -4.52. The van der Waals surface area contributed by atoms with Crippen LogP contribution in [0.4, 0.5) is 21.7 Å². The van der Waals surface area contributed by atoms with E-state index in [1.165, 1.54) is 7.11 Å². The quantitative estimate of drug-likeness (QED) is 0.300. The SMILES string of the molecule is COc1cc(F)c([N+](=O)[O-])cc1Nc1nccc(-c2cn(C34CC(C#N)(C3)C4)c3ccccc23)n1. The molecule has 3 saturated carbocycles. The molecule has 0 unspecified atom stereocenters. The number of hydrogen-bond acceptors (Lipinski definition) is 7. The van der Waals surface area contributed by atoms with Crippen molar-refractivity contribution in [3.8, 4) is 23.1 Å². The number of nitro benzene ring substituents is 1. The molecule has 0 amide bonds. The van der Waals surface area contributed by atoms with Gasteiger partial charge in [-0.3, -0.25) is 10.1 Å². The highest BCUT2D eigenvalue weighted by Gasteiger charge is 2.69. The molecule has 174 valence electrons. The number of halogens is 1. The van der Waals surface area contributed by atoms with E-state index in [0.717, 1.165) is 47.9 Å². The second kappa shape index (κ2) is 7.24. The first-order valence-corrected chi connectivity index (χ1v) is 11.0. The lowest BCUT2D eigenvalue weighted by atomic mass is 9.40. The van der Waals surface area contributed by atoms with Crippen molar-refractivity contribution in [3.63, 3.8) is 0 Å². The summed E-state index contributed by atoms with van der Waals surface area (Å²) >= 11 is 0. The highest BCUT2D eigenvalue weighted by Crippen LogP contribution is 2.71. The summed E-state index contributed by atoms with van der Waals surface area (Å²) in [4.78, 5) is 19.3. The van der Waals surface area contributed by atoms with Crippen LogP contribution >= 0.6 is 0 Å². The van der Waals surface area contributed by atoms with Crippen LogP contribution in [0.5, 0.6) is 5.75 Å². The highest BCUT2D eigenvalue weighted by molar-refractivity contribution is 5.95. The zero-order chi connectivity index (χ0) is 24.4. The van der Waals surface area contributed by atoms with Crippen LogP contribution in [0.2, 0.25) is 0 Å². The van der Waals surface area contributed by atoms with E-state index >= 15 is 0 Å². The van der Waals surface area contributed by atoms with Crippen LogP contribution in [0, 0.1) is 32.7 Å². The predicted molar refractivity (Wildman–Crippen MR) is 126 cm³/mol. The standard InChI is InChI=1S/C25H19FN6O3/c1-35-22-8-17(26)21(32(33)34)9-19(22)30-23-28-7-6-18(29-23)16-10-31(20-5-3-2-4-15(16)20)25-11-24(12-25,13-25)14-27/h2-10H,11-13H2,1H3,(H,28,29,30). The monoisotopic (exact) mass is 470 g/mol. The van der Waals surface area contributed by atoms with Crippen molar-refractivity contribution in [2.24, 2.45) is 5.41 Å². The van der Waals surface area contributed by atoms with Crippen LogP contribution in [0.1, 0.15) is 19.3 Å². The third-order valence-corrected chi connectivity index (χ3v) is 7.11. The van der Waals surface area contributed by atoms with Crippen molar-refractivity contribution in [1.82, 2.24) is 14.5 Å². The number of nitriles is 1. The molecular formula is C25H19FN6O3. The van der Waals surface area contributed by atoms with E-state index in [2.05, 4.69) is 38.2 Å². The number of nitro groups is 1. The molecule has 3 fully saturated rings. The number of nitrogens with zero attached hydrogens (tertiary/aromatic N) is 5. The van der Waals surface area contributed by atoms with Gasteiger partial charge in [0.2, 0.25) is 11.8 Å². The summed E-state index contributed by atoms with van der Waals surface area (Å²) in [5.74, 6) is -0.715. The molecule has 7 rings (SSSR count). The molecule has 35 heavy (non-hydrogen) atoms. The lowest BCUT2D eigenvalue weighted by molar-refractivity contribution is -0.387. The van der Waals surface area contributed by atoms with Gasteiger partial charge in [-0.05, 0) is 31.4 Å². The fraction of sp³-hybridized carbons (Fsp3) is 0.240. The Morgan fingerprint density at radius 3 is 2.74 bits per heavy atom. The molecule has 0 radical (unpaired) electrons. The number of fused-ring (bicyclic) bond motifs is 1. The topological polar surface area (TPSA) is 119 Å². The van der Waals surface area contributed by atoms with Crippen molar-refractivity contribution < 1.29 is 14.1 Å². The van der Waals surface area contributed by atoms with Crippen LogP contribution in [0.25, 0.3) is 22.2 Å². The molecule has 0 spiro atoms. The highest BCUT2D eigenvalue weighted by atomic mass is 19.1. The molecule has 2 bridgehead atoms. The summed E-state index contributed by atoms with van der Waals surface area (Å²) < 4.78 is 21.5. The number of rotatable bonds is 6. The number of hydrogen-bond donors (Lipinski definition) is 1. The molecule has 4 aromatic rings. The summed E-state index contributed by atoms with van der Waals surface area (Å²) in [6.07, 6.45) is 6.24. The number of anilines is 2. The second-order valence-corrected chi connectivity index (χ2v) is 9.23. The first-order valence-electron chi connectivity index (χ1n) is 11.0. The number of methoxy groups -OCH3 is 1. The minimum Gasteiger partial charge on any atom is -0.494 e. The molecule has 0 atom stereocenters. The van der Waals surface area contributed by atoms with Gasteiger partial charge in [-0.15, -0.1) is 0 Å². The number of ether oxygens (including phenoxy) is 1. The Morgan fingerprint density at radius 2 is 2.03 bits per heavy atom. The first kappa shape index (κ1) is 21.0. The Balaban J connectivity index is 1.39. The van der Waals surface area contributed by atoms with E-state index in [1.54, 1.807) is 12.3 Å². The zero-order valence-electron chi connectivity index (χ0n) is 18.7. The Morgan fingerprint density at radius 1 is 1.26 bits per heavy atom. The molecule has 0 aliphatic heterocycles. The van der Waals surface area contributed by atoms with Gasteiger partial charge in [-0.1, -0.05) is 18.2 Å². The third-order valence-electron chi connectivity index (χ3n) is 7.11. The number of para-hydroxylation sites is 1. The van der Waals surface area contributed by atoms with Gasteiger partial charge < -0.3 is 14.6 Å². The third kappa shape index (κ3) is 3.05. The summed E-state index contributed by atoms with van der Waals surface area (Å²) in [6.45, 7) is 0. The molecular weight excluding hydrogens is 451 g/mol. The lowest BCUT2D eigenvalue weighted by Gasteiger charge is -2.67. The van der Waals surface area contributed by atoms with Crippen molar-refractivity contribution in [2.75, 3.05) is 12.4 Å². The van der Waals surface area contributed by atoms with Gasteiger partial charge in [-0.25, -0.2) is 9.97 Å². The zero-order valence-corrected chi connectivity index (χ0v) is 18.7. The maximum absolute atomic E-state index is 14.0. The smallest absolute Gasteiger partial charge is 0.307 e. The second-order valence-electron chi connectivity index (χ2n) is 9.23.